The number of benzene rings is 2. The summed E-state index contributed by atoms with van der Waals surface area (Å²) in [6.45, 7) is 4.00. The van der Waals surface area contributed by atoms with Gasteiger partial charge in [-0.1, -0.05) is 54.6 Å². The molecule has 0 spiro atoms. The molecule has 0 aliphatic heterocycles. The van der Waals surface area contributed by atoms with Gasteiger partial charge in [0.1, 0.15) is 0 Å². The Labute approximate surface area is 125 Å². The normalized spacial score (nSPS) is 12.1. The minimum atomic E-state index is -0.212. The first-order chi connectivity index (χ1) is 10.2. The van der Waals surface area contributed by atoms with Crippen LogP contribution >= 0.6 is 0 Å². The molecule has 2 amide bonds. The number of hydrogen-bond acceptors (Lipinski definition) is 1. The van der Waals surface area contributed by atoms with Crippen LogP contribution in [0.3, 0.4) is 0 Å². The monoisotopic (exact) mass is 280 g/mol. The van der Waals surface area contributed by atoms with E-state index in [-0.39, 0.29) is 12.1 Å². The Hall–Kier alpha value is -2.55. The SMILES string of the molecule is Cc1ccccc1/C=C/NC(=O)NC(C)c1ccccc1. The summed E-state index contributed by atoms with van der Waals surface area (Å²) in [5.74, 6) is 0. The Morgan fingerprint density at radius 2 is 1.71 bits per heavy atom. The quantitative estimate of drug-likeness (QED) is 0.872. The fourth-order valence-electron chi connectivity index (χ4n) is 2.04. The molecule has 0 aromatic heterocycles. The Kier molecular flexibility index (Phi) is 5.16. The Morgan fingerprint density at radius 1 is 1.05 bits per heavy atom. The average molecular weight is 280 g/mol. The molecule has 0 bridgehead atoms. The zero-order valence-corrected chi connectivity index (χ0v) is 12.3. The van der Waals surface area contributed by atoms with Crippen LogP contribution in [0.15, 0.2) is 60.8 Å². The zero-order valence-electron chi connectivity index (χ0n) is 12.3. The van der Waals surface area contributed by atoms with E-state index < -0.39 is 0 Å². The summed E-state index contributed by atoms with van der Waals surface area (Å²) in [6, 6.07) is 17.7. The molecule has 2 aromatic carbocycles. The summed E-state index contributed by atoms with van der Waals surface area (Å²) in [7, 11) is 0. The first-order valence-electron chi connectivity index (χ1n) is 7.01. The number of carbonyl (C=O) groups is 1. The number of nitrogens with one attached hydrogen (secondary N) is 2. The molecule has 0 aliphatic carbocycles. The molecule has 3 nitrogen and oxygen atoms in total. The molecule has 3 heteroatoms. The lowest BCUT2D eigenvalue weighted by atomic mass is 10.1. The highest BCUT2D eigenvalue weighted by Gasteiger charge is 2.07. The molecular formula is C18H20N2O. The van der Waals surface area contributed by atoms with Crippen molar-refractivity contribution in [2.24, 2.45) is 0 Å². The largest absolute Gasteiger partial charge is 0.331 e. The number of aryl methyl sites for hydroxylation is 1. The highest BCUT2D eigenvalue weighted by Crippen LogP contribution is 2.11. The topological polar surface area (TPSA) is 41.1 Å². The van der Waals surface area contributed by atoms with Gasteiger partial charge in [0, 0.05) is 6.20 Å². The predicted molar refractivity (Wildman–Crippen MR) is 86.7 cm³/mol. The first kappa shape index (κ1) is 14.9. The second-order valence-corrected chi connectivity index (χ2v) is 4.94. The van der Waals surface area contributed by atoms with E-state index in [4.69, 9.17) is 0 Å². The van der Waals surface area contributed by atoms with Gasteiger partial charge in [0.05, 0.1) is 6.04 Å². The third-order valence-electron chi connectivity index (χ3n) is 3.31. The first-order valence-corrected chi connectivity index (χ1v) is 7.01. The van der Waals surface area contributed by atoms with Crippen molar-refractivity contribution in [3.63, 3.8) is 0 Å². The van der Waals surface area contributed by atoms with Crippen molar-refractivity contribution in [1.82, 2.24) is 10.6 Å². The van der Waals surface area contributed by atoms with Crippen LogP contribution in [0.5, 0.6) is 0 Å². The number of hydrogen-bond donors (Lipinski definition) is 2. The van der Waals surface area contributed by atoms with Crippen LogP contribution in [-0.4, -0.2) is 6.03 Å². The molecular weight excluding hydrogens is 260 g/mol. The van der Waals surface area contributed by atoms with Gasteiger partial charge in [0.25, 0.3) is 0 Å². The van der Waals surface area contributed by atoms with Crippen molar-refractivity contribution in [3.05, 3.63) is 77.5 Å². The maximum Gasteiger partial charge on any atom is 0.319 e. The summed E-state index contributed by atoms with van der Waals surface area (Å²) < 4.78 is 0. The minimum Gasteiger partial charge on any atom is -0.331 e. The lowest BCUT2D eigenvalue weighted by molar-refractivity contribution is 0.241. The third kappa shape index (κ3) is 4.49. The second-order valence-electron chi connectivity index (χ2n) is 4.94. The summed E-state index contributed by atoms with van der Waals surface area (Å²) >= 11 is 0. The van der Waals surface area contributed by atoms with Crippen LogP contribution in [0.2, 0.25) is 0 Å². The standard InChI is InChI=1S/C18H20N2O/c1-14-8-6-7-9-16(14)12-13-19-18(21)20-15(2)17-10-4-3-5-11-17/h3-13,15H,1-2H3,(H2,19,20,21)/b13-12+. The van der Waals surface area contributed by atoms with E-state index in [0.29, 0.717) is 0 Å². The molecule has 0 radical (unpaired) electrons. The van der Waals surface area contributed by atoms with E-state index in [1.807, 2.05) is 74.5 Å². The predicted octanol–water partition coefficient (Wildman–Crippen LogP) is 4.03. The zero-order chi connectivity index (χ0) is 15.1. The van der Waals surface area contributed by atoms with Crippen LogP contribution in [0.1, 0.15) is 29.7 Å². The van der Waals surface area contributed by atoms with Gasteiger partial charge in [-0.25, -0.2) is 4.79 Å². The van der Waals surface area contributed by atoms with Gasteiger partial charge in [-0.2, -0.15) is 0 Å². The molecule has 2 rings (SSSR count). The van der Waals surface area contributed by atoms with Crippen molar-refractivity contribution in [3.8, 4) is 0 Å². The number of carbonyl (C=O) groups excluding carboxylic acids is 1. The van der Waals surface area contributed by atoms with Crippen molar-refractivity contribution in [1.29, 1.82) is 0 Å². The summed E-state index contributed by atoms with van der Waals surface area (Å²) in [4.78, 5) is 11.8. The average Bonchev–Trinajstić information content (AvgIpc) is 2.50. The van der Waals surface area contributed by atoms with E-state index in [1.54, 1.807) is 6.20 Å². The van der Waals surface area contributed by atoms with Gasteiger partial charge >= 0.3 is 6.03 Å². The lowest BCUT2D eigenvalue weighted by Crippen LogP contribution is -2.34. The molecule has 0 fully saturated rings. The molecule has 1 unspecified atom stereocenters. The number of urea groups is 1. The highest BCUT2D eigenvalue weighted by molar-refractivity contribution is 5.76. The van der Waals surface area contributed by atoms with E-state index >= 15 is 0 Å². The molecule has 2 aromatic rings. The molecule has 2 N–H and O–H groups in total. The van der Waals surface area contributed by atoms with Crippen molar-refractivity contribution in [2.45, 2.75) is 19.9 Å². The van der Waals surface area contributed by atoms with E-state index in [2.05, 4.69) is 10.6 Å². The van der Waals surface area contributed by atoms with Gasteiger partial charge in [0.2, 0.25) is 0 Å². The maximum atomic E-state index is 11.8. The molecule has 21 heavy (non-hydrogen) atoms. The van der Waals surface area contributed by atoms with E-state index in [9.17, 15) is 4.79 Å². The Balaban J connectivity index is 1.87. The van der Waals surface area contributed by atoms with Gasteiger partial charge in [-0.05, 0) is 36.6 Å². The number of rotatable bonds is 4. The van der Waals surface area contributed by atoms with Gasteiger partial charge in [-0.3, -0.25) is 0 Å². The van der Waals surface area contributed by atoms with Gasteiger partial charge in [0.15, 0.2) is 0 Å². The molecule has 1 atom stereocenters. The molecule has 0 saturated heterocycles. The molecule has 108 valence electrons. The fourth-order valence-corrected chi connectivity index (χ4v) is 2.04. The highest BCUT2D eigenvalue weighted by atomic mass is 16.2. The number of amides is 2. The molecule has 0 saturated carbocycles. The van der Waals surface area contributed by atoms with Crippen LogP contribution in [-0.2, 0) is 0 Å². The summed E-state index contributed by atoms with van der Waals surface area (Å²) in [6.07, 6.45) is 3.55. The van der Waals surface area contributed by atoms with E-state index in [0.717, 1.165) is 11.1 Å². The second kappa shape index (κ2) is 7.29. The lowest BCUT2D eigenvalue weighted by Gasteiger charge is -2.13. The Bertz CT molecular complexity index is 620. The Morgan fingerprint density at radius 3 is 2.43 bits per heavy atom. The van der Waals surface area contributed by atoms with Crippen molar-refractivity contribution in [2.75, 3.05) is 0 Å². The molecule has 0 heterocycles. The summed E-state index contributed by atoms with van der Waals surface area (Å²) in [5.41, 5.74) is 3.35. The van der Waals surface area contributed by atoms with Crippen LogP contribution in [0, 0.1) is 6.92 Å². The van der Waals surface area contributed by atoms with Gasteiger partial charge < -0.3 is 10.6 Å². The van der Waals surface area contributed by atoms with Crippen molar-refractivity contribution < 1.29 is 4.79 Å². The van der Waals surface area contributed by atoms with Gasteiger partial charge in [-0.15, -0.1) is 0 Å². The fraction of sp³-hybridized carbons (Fsp3) is 0.167. The van der Waals surface area contributed by atoms with Crippen LogP contribution in [0.4, 0.5) is 4.79 Å². The van der Waals surface area contributed by atoms with E-state index in [1.165, 1.54) is 5.56 Å². The van der Waals surface area contributed by atoms with Crippen LogP contribution < -0.4 is 10.6 Å². The molecule has 0 aliphatic rings. The smallest absolute Gasteiger partial charge is 0.319 e. The summed E-state index contributed by atoms with van der Waals surface area (Å²) in [5, 5.41) is 5.62. The third-order valence-corrected chi connectivity index (χ3v) is 3.31. The maximum absolute atomic E-state index is 11.8. The van der Waals surface area contributed by atoms with Crippen LogP contribution in [0.25, 0.3) is 6.08 Å². The minimum absolute atomic E-state index is 0.0296. The van der Waals surface area contributed by atoms with Crippen molar-refractivity contribution >= 4 is 12.1 Å².